The number of thiazole rings is 1. The van der Waals surface area contributed by atoms with Gasteiger partial charge in [0, 0.05) is 0 Å². The lowest BCUT2D eigenvalue weighted by Crippen LogP contribution is -1.82. The molecule has 0 N–H and O–H groups in total. The van der Waals surface area contributed by atoms with E-state index in [4.69, 9.17) is 4.74 Å². The molecule has 0 unspecified atom stereocenters. The third-order valence-corrected chi connectivity index (χ3v) is 3.21. The number of fused-ring (bicyclic) bond motifs is 1. The van der Waals surface area contributed by atoms with E-state index in [2.05, 4.69) is 4.98 Å². The minimum atomic E-state index is -0.276. The van der Waals surface area contributed by atoms with Crippen LogP contribution in [-0.4, -0.2) is 4.98 Å². The molecule has 0 amide bonds. The van der Waals surface area contributed by atoms with Crippen molar-refractivity contribution in [3.8, 4) is 10.9 Å². The van der Waals surface area contributed by atoms with E-state index in [0.29, 0.717) is 10.9 Å². The molecular weight excluding hydrogens is 237 g/mol. The zero-order valence-electron chi connectivity index (χ0n) is 8.76. The quantitative estimate of drug-likeness (QED) is 0.674. The highest BCUT2D eigenvalue weighted by Crippen LogP contribution is 2.30. The van der Waals surface area contributed by atoms with Crippen molar-refractivity contribution in [3.05, 3.63) is 54.3 Å². The lowest BCUT2D eigenvalue weighted by Gasteiger charge is -1.99. The van der Waals surface area contributed by atoms with E-state index in [1.165, 1.54) is 23.5 Å². The zero-order chi connectivity index (χ0) is 11.7. The maximum Gasteiger partial charge on any atom is 0.279 e. The summed E-state index contributed by atoms with van der Waals surface area (Å²) in [5.41, 5.74) is 0.912. The summed E-state index contributed by atoms with van der Waals surface area (Å²) in [4.78, 5) is 4.33. The van der Waals surface area contributed by atoms with Crippen molar-refractivity contribution >= 4 is 21.6 Å². The zero-order valence-corrected chi connectivity index (χ0v) is 9.58. The predicted octanol–water partition coefficient (Wildman–Crippen LogP) is 4.23. The molecule has 0 radical (unpaired) electrons. The van der Waals surface area contributed by atoms with Gasteiger partial charge in [-0.2, -0.15) is 0 Å². The summed E-state index contributed by atoms with van der Waals surface area (Å²) in [6.07, 6.45) is 0. The van der Waals surface area contributed by atoms with Crippen LogP contribution in [0.3, 0.4) is 0 Å². The second-order valence-electron chi connectivity index (χ2n) is 3.50. The van der Waals surface area contributed by atoms with Gasteiger partial charge < -0.3 is 4.74 Å². The number of aromatic nitrogens is 1. The first-order valence-corrected chi connectivity index (χ1v) is 5.92. The number of ether oxygens (including phenoxy) is 1. The molecule has 84 valence electrons. The van der Waals surface area contributed by atoms with E-state index >= 15 is 0 Å². The van der Waals surface area contributed by atoms with Crippen molar-refractivity contribution in [3.63, 3.8) is 0 Å². The van der Waals surface area contributed by atoms with E-state index in [9.17, 15) is 4.39 Å². The largest absolute Gasteiger partial charge is 0.431 e. The summed E-state index contributed by atoms with van der Waals surface area (Å²) in [6.45, 7) is 0. The maximum atomic E-state index is 12.7. The molecule has 0 bridgehead atoms. The Hall–Kier alpha value is -1.94. The molecule has 0 saturated heterocycles. The second-order valence-corrected chi connectivity index (χ2v) is 4.50. The highest BCUT2D eigenvalue weighted by Gasteiger charge is 2.05. The molecule has 2 aromatic carbocycles. The van der Waals surface area contributed by atoms with Crippen LogP contribution < -0.4 is 4.74 Å². The van der Waals surface area contributed by atoms with E-state index < -0.39 is 0 Å². The molecule has 0 spiro atoms. The van der Waals surface area contributed by atoms with Crippen LogP contribution in [0.4, 0.5) is 4.39 Å². The van der Waals surface area contributed by atoms with Crippen LogP contribution in [-0.2, 0) is 0 Å². The Balaban J connectivity index is 1.92. The van der Waals surface area contributed by atoms with Crippen molar-refractivity contribution in [2.75, 3.05) is 0 Å². The normalized spacial score (nSPS) is 10.6. The molecule has 2 nitrogen and oxygen atoms in total. The van der Waals surface area contributed by atoms with Gasteiger partial charge >= 0.3 is 0 Å². The molecule has 17 heavy (non-hydrogen) atoms. The Labute approximate surface area is 101 Å². The molecule has 4 heteroatoms. The van der Waals surface area contributed by atoms with E-state index in [-0.39, 0.29) is 5.82 Å². The average molecular weight is 245 g/mol. The van der Waals surface area contributed by atoms with E-state index in [1.54, 1.807) is 12.1 Å². The summed E-state index contributed by atoms with van der Waals surface area (Å²) in [6, 6.07) is 13.7. The fourth-order valence-electron chi connectivity index (χ4n) is 1.50. The topological polar surface area (TPSA) is 22.1 Å². The number of hydrogen-bond acceptors (Lipinski definition) is 3. The molecule has 3 rings (SSSR count). The Morgan fingerprint density at radius 2 is 1.76 bits per heavy atom. The molecule has 0 aliphatic carbocycles. The number of benzene rings is 2. The van der Waals surface area contributed by atoms with Gasteiger partial charge in [-0.1, -0.05) is 23.5 Å². The Morgan fingerprint density at radius 1 is 1.00 bits per heavy atom. The van der Waals surface area contributed by atoms with Crippen LogP contribution in [0.25, 0.3) is 10.2 Å². The fourth-order valence-corrected chi connectivity index (χ4v) is 2.33. The van der Waals surface area contributed by atoms with Crippen LogP contribution >= 0.6 is 11.3 Å². The molecular formula is C13H8FNOS. The van der Waals surface area contributed by atoms with Crippen molar-refractivity contribution in [2.24, 2.45) is 0 Å². The SMILES string of the molecule is Fc1ccc(Oc2nc3ccccc3s2)cc1. The number of hydrogen-bond donors (Lipinski definition) is 0. The van der Waals surface area contributed by atoms with Crippen LogP contribution in [0.2, 0.25) is 0 Å². The molecule has 1 aromatic heterocycles. The van der Waals surface area contributed by atoms with Gasteiger partial charge in [0.05, 0.1) is 10.2 Å². The number of halogens is 1. The first-order valence-electron chi connectivity index (χ1n) is 5.10. The first-order chi connectivity index (χ1) is 8.31. The second kappa shape index (κ2) is 4.14. The van der Waals surface area contributed by atoms with E-state index in [0.717, 1.165) is 10.2 Å². The molecule has 0 fully saturated rings. The van der Waals surface area contributed by atoms with Crippen molar-refractivity contribution < 1.29 is 9.13 Å². The number of para-hydroxylation sites is 1. The van der Waals surface area contributed by atoms with Crippen LogP contribution in [0, 0.1) is 5.82 Å². The minimum absolute atomic E-state index is 0.276. The smallest absolute Gasteiger partial charge is 0.279 e. The van der Waals surface area contributed by atoms with Gasteiger partial charge in [0.25, 0.3) is 5.19 Å². The Bertz CT molecular complexity index is 615. The summed E-state index contributed by atoms with van der Waals surface area (Å²) in [5, 5.41) is 0.567. The Morgan fingerprint density at radius 3 is 2.53 bits per heavy atom. The van der Waals surface area contributed by atoms with Gasteiger partial charge in [-0.3, -0.25) is 0 Å². The minimum Gasteiger partial charge on any atom is -0.431 e. The van der Waals surface area contributed by atoms with E-state index in [1.807, 2.05) is 24.3 Å². The van der Waals surface area contributed by atoms with Crippen molar-refractivity contribution in [1.82, 2.24) is 4.98 Å². The van der Waals surface area contributed by atoms with Gasteiger partial charge in [0.1, 0.15) is 11.6 Å². The van der Waals surface area contributed by atoms with Gasteiger partial charge in [-0.25, -0.2) is 9.37 Å². The molecule has 0 aliphatic rings. The number of nitrogens with zero attached hydrogens (tertiary/aromatic N) is 1. The maximum absolute atomic E-state index is 12.7. The first kappa shape index (κ1) is 10.2. The van der Waals surface area contributed by atoms with Crippen LogP contribution in [0.5, 0.6) is 10.9 Å². The van der Waals surface area contributed by atoms with Gasteiger partial charge in [0.2, 0.25) is 0 Å². The molecule has 0 atom stereocenters. The summed E-state index contributed by atoms with van der Waals surface area (Å²) in [5.74, 6) is 0.312. The number of rotatable bonds is 2. The molecule has 0 saturated carbocycles. The predicted molar refractivity (Wildman–Crippen MR) is 66.1 cm³/mol. The third kappa shape index (κ3) is 2.12. The standard InChI is InChI=1S/C13H8FNOS/c14-9-5-7-10(8-6-9)16-13-15-11-3-1-2-4-12(11)17-13/h1-8H. The molecule has 3 aromatic rings. The lowest BCUT2D eigenvalue weighted by molar-refractivity contribution is 0.478. The monoisotopic (exact) mass is 245 g/mol. The molecule has 1 heterocycles. The average Bonchev–Trinajstić information content (AvgIpc) is 2.74. The fraction of sp³-hybridized carbons (Fsp3) is 0. The highest BCUT2D eigenvalue weighted by molar-refractivity contribution is 7.20. The van der Waals surface area contributed by atoms with Gasteiger partial charge in [0.15, 0.2) is 0 Å². The summed E-state index contributed by atoms with van der Waals surface area (Å²) < 4.78 is 19.4. The highest BCUT2D eigenvalue weighted by atomic mass is 32.1. The van der Waals surface area contributed by atoms with Crippen LogP contribution in [0.15, 0.2) is 48.5 Å². The van der Waals surface area contributed by atoms with Gasteiger partial charge in [-0.15, -0.1) is 0 Å². The lowest BCUT2D eigenvalue weighted by atomic mass is 10.3. The third-order valence-electron chi connectivity index (χ3n) is 2.29. The summed E-state index contributed by atoms with van der Waals surface area (Å²) in [7, 11) is 0. The molecule has 0 aliphatic heterocycles. The van der Waals surface area contributed by atoms with Crippen LogP contribution in [0.1, 0.15) is 0 Å². The van der Waals surface area contributed by atoms with Crippen molar-refractivity contribution in [1.29, 1.82) is 0 Å². The Kier molecular flexibility index (Phi) is 2.49. The summed E-state index contributed by atoms with van der Waals surface area (Å²) >= 11 is 1.47. The van der Waals surface area contributed by atoms with Gasteiger partial charge in [-0.05, 0) is 36.4 Å². The van der Waals surface area contributed by atoms with Crippen molar-refractivity contribution in [2.45, 2.75) is 0 Å².